The molecule has 0 aromatic heterocycles. The summed E-state index contributed by atoms with van der Waals surface area (Å²) in [4.78, 5) is 1.83. The summed E-state index contributed by atoms with van der Waals surface area (Å²) in [5.74, 6) is -1.30. The SMILES string of the molecule is CCOC(C[O])(OCO)N1CCNCC1. The molecule has 0 spiro atoms. The first-order valence-electron chi connectivity index (χ1n) is 5.21. The van der Waals surface area contributed by atoms with Gasteiger partial charge >= 0.3 is 0 Å². The monoisotopic (exact) mass is 219 g/mol. The molecule has 2 N–H and O–H groups in total. The first-order valence-corrected chi connectivity index (χ1v) is 5.21. The maximum atomic E-state index is 11.2. The molecule has 6 nitrogen and oxygen atoms in total. The van der Waals surface area contributed by atoms with E-state index >= 15 is 0 Å². The number of hydrogen-bond donors (Lipinski definition) is 2. The maximum Gasteiger partial charge on any atom is 0.260 e. The molecule has 1 atom stereocenters. The van der Waals surface area contributed by atoms with Gasteiger partial charge in [0.05, 0.1) is 0 Å². The molecule has 15 heavy (non-hydrogen) atoms. The number of ether oxygens (including phenoxy) is 2. The Kier molecular flexibility index (Phi) is 5.44. The third-order valence-electron chi connectivity index (χ3n) is 2.44. The number of nitrogens with zero attached hydrogens (tertiary/aromatic N) is 1. The molecule has 1 aliphatic heterocycles. The standard InChI is InChI=1S/C9H19N2O4/c1-2-14-9(7-12,15-8-13)11-5-3-10-4-6-11/h10,13H,2-8H2,1H3. The number of hydrogen-bond acceptors (Lipinski definition) is 5. The zero-order valence-electron chi connectivity index (χ0n) is 9.07. The summed E-state index contributed by atoms with van der Waals surface area (Å²) >= 11 is 0. The summed E-state index contributed by atoms with van der Waals surface area (Å²) in [6, 6.07) is 0. The van der Waals surface area contributed by atoms with E-state index in [1.165, 1.54) is 0 Å². The predicted molar refractivity (Wildman–Crippen MR) is 52.5 cm³/mol. The van der Waals surface area contributed by atoms with Crippen LogP contribution in [0.3, 0.4) is 0 Å². The van der Waals surface area contributed by atoms with Gasteiger partial charge in [-0.3, -0.25) is 0 Å². The number of nitrogens with one attached hydrogen (secondary N) is 1. The van der Waals surface area contributed by atoms with Gasteiger partial charge in [-0.2, -0.15) is 0 Å². The van der Waals surface area contributed by atoms with Gasteiger partial charge in [0.2, 0.25) is 0 Å². The van der Waals surface area contributed by atoms with Crippen LogP contribution < -0.4 is 5.32 Å². The van der Waals surface area contributed by atoms with Crippen LogP contribution in [0.5, 0.6) is 0 Å². The van der Waals surface area contributed by atoms with E-state index in [1.54, 1.807) is 6.92 Å². The van der Waals surface area contributed by atoms with Gasteiger partial charge in [-0.05, 0) is 6.92 Å². The van der Waals surface area contributed by atoms with E-state index in [1.807, 2.05) is 4.90 Å². The third kappa shape index (κ3) is 3.10. The van der Waals surface area contributed by atoms with Crippen molar-refractivity contribution in [2.24, 2.45) is 0 Å². The second-order valence-corrected chi connectivity index (χ2v) is 3.30. The van der Waals surface area contributed by atoms with E-state index in [0.29, 0.717) is 19.7 Å². The highest BCUT2D eigenvalue weighted by Crippen LogP contribution is 2.19. The molecule has 1 rings (SSSR count). The summed E-state index contributed by atoms with van der Waals surface area (Å²) in [6.45, 7) is 4.09. The van der Waals surface area contributed by atoms with Crippen LogP contribution in [0.25, 0.3) is 0 Å². The van der Waals surface area contributed by atoms with Crippen LogP contribution in [0.1, 0.15) is 6.92 Å². The fourth-order valence-electron chi connectivity index (χ4n) is 1.73. The minimum absolute atomic E-state index is 0.381. The Hall–Kier alpha value is -0.240. The van der Waals surface area contributed by atoms with E-state index in [-0.39, 0.29) is 0 Å². The average molecular weight is 219 g/mol. The molecular formula is C9H19N2O4. The lowest BCUT2D eigenvalue weighted by atomic mass is 10.3. The molecule has 0 aromatic carbocycles. The molecular weight excluding hydrogens is 200 g/mol. The molecule has 6 heteroatoms. The Morgan fingerprint density at radius 1 is 1.40 bits per heavy atom. The van der Waals surface area contributed by atoms with E-state index in [9.17, 15) is 5.11 Å². The highest BCUT2D eigenvalue weighted by molar-refractivity contribution is 4.77. The molecule has 0 bridgehead atoms. The number of piperazine rings is 1. The van der Waals surface area contributed by atoms with Gasteiger partial charge < -0.3 is 19.9 Å². The van der Waals surface area contributed by atoms with Crippen molar-refractivity contribution in [3.8, 4) is 0 Å². The Morgan fingerprint density at radius 3 is 2.53 bits per heavy atom. The number of aliphatic hydroxyl groups is 1. The molecule has 1 fully saturated rings. The summed E-state index contributed by atoms with van der Waals surface area (Å²) < 4.78 is 10.4. The Labute approximate surface area is 89.8 Å². The van der Waals surface area contributed by atoms with Crippen LogP contribution in [-0.2, 0) is 14.6 Å². The highest BCUT2D eigenvalue weighted by atomic mass is 16.8. The first-order chi connectivity index (χ1) is 7.29. The third-order valence-corrected chi connectivity index (χ3v) is 2.44. The highest BCUT2D eigenvalue weighted by Gasteiger charge is 2.39. The lowest BCUT2D eigenvalue weighted by Gasteiger charge is -2.42. The summed E-state index contributed by atoms with van der Waals surface area (Å²) in [7, 11) is 0. The Balaban J connectivity index is 2.66. The molecule has 0 aromatic rings. The summed E-state index contributed by atoms with van der Waals surface area (Å²) in [5, 5.41) is 23.2. The van der Waals surface area contributed by atoms with Crippen LogP contribution in [0.2, 0.25) is 0 Å². The summed E-state index contributed by atoms with van der Waals surface area (Å²) in [6.07, 6.45) is 0. The maximum absolute atomic E-state index is 11.2. The first kappa shape index (κ1) is 12.8. The molecule has 1 saturated heterocycles. The van der Waals surface area contributed by atoms with Crippen molar-refractivity contribution >= 4 is 0 Å². The molecule has 0 saturated carbocycles. The normalized spacial score (nSPS) is 22.6. The van der Waals surface area contributed by atoms with Gasteiger partial charge in [0.1, 0.15) is 6.79 Å². The molecule has 1 radical (unpaired) electrons. The van der Waals surface area contributed by atoms with Crippen molar-refractivity contribution in [3.05, 3.63) is 0 Å². The van der Waals surface area contributed by atoms with E-state index in [0.717, 1.165) is 13.1 Å². The van der Waals surface area contributed by atoms with E-state index in [2.05, 4.69) is 5.32 Å². The molecule has 0 amide bonds. The lowest BCUT2D eigenvalue weighted by Crippen LogP contribution is -2.61. The Bertz CT molecular complexity index is 167. The minimum Gasteiger partial charge on any atom is -0.370 e. The quantitative estimate of drug-likeness (QED) is 0.559. The number of rotatable bonds is 6. The second-order valence-electron chi connectivity index (χ2n) is 3.30. The van der Waals surface area contributed by atoms with Gasteiger partial charge in [-0.25, -0.2) is 10.0 Å². The van der Waals surface area contributed by atoms with E-state index < -0.39 is 19.3 Å². The predicted octanol–water partition coefficient (Wildman–Crippen LogP) is -1.02. The van der Waals surface area contributed by atoms with Crippen molar-refractivity contribution in [1.82, 2.24) is 10.2 Å². The van der Waals surface area contributed by atoms with Crippen LogP contribution in [0, 0.1) is 0 Å². The van der Waals surface area contributed by atoms with Gasteiger partial charge in [-0.15, -0.1) is 0 Å². The van der Waals surface area contributed by atoms with Gasteiger partial charge in [-0.1, -0.05) is 0 Å². The van der Waals surface area contributed by atoms with E-state index in [4.69, 9.17) is 14.6 Å². The summed E-state index contributed by atoms with van der Waals surface area (Å²) in [5.41, 5.74) is 0. The van der Waals surface area contributed by atoms with Crippen molar-refractivity contribution < 1.29 is 19.7 Å². The second kappa shape index (κ2) is 6.37. The fourth-order valence-corrected chi connectivity index (χ4v) is 1.73. The Morgan fingerprint density at radius 2 is 2.07 bits per heavy atom. The fraction of sp³-hybridized carbons (Fsp3) is 1.00. The zero-order valence-corrected chi connectivity index (χ0v) is 9.07. The van der Waals surface area contributed by atoms with Crippen LogP contribution in [-0.4, -0.2) is 62.1 Å². The molecule has 0 aliphatic carbocycles. The largest absolute Gasteiger partial charge is 0.370 e. The average Bonchev–Trinajstić information content (AvgIpc) is 2.30. The molecule has 1 heterocycles. The van der Waals surface area contributed by atoms with Crippen molar-refractivity contribution in [3.63, 3.8) is 0 Å². The smallest absolute Gasteiger partial charge is 0.260 e. The van der Waals surface area contributed by atoms with Gasteiger partial charge in [0.25, 0.3) is 5.91 Å². The molecule has 1 unspecified atom stereocenters. The lowest BCUT2D eigenvalue weighted by molar-refractivity contribution is -0.354. The number of aliphatic hydroxyl groups excluding tert-OH is 1. The van der Waals surface area contributed by atoms with Crippen LogP contribution in [0.4, 0.5) is 0 Å². The topological polar surface area (TPSA) is 73.9 Å². The molecule has 1 aliphatic rings. The van der Waals surface area contributed by atoms with Crippen molar-refractivity contribution in [2.75, 3.05) is 46.2 Å². The van der Waals surface area contributed by atoms with Crippen LogP contribution in [0.15, 0.2) is 0 Å². The van der Waals surface area contributed by atoms with Gasteiger partial charge in [0, 0.05) is 32.8 Å². The van der Waals surface area contributed by atoms with Crippen molar-refractivity contribution in [2.45, 2.75) is 12.8 Å². The minimum atomic E-state index is -1.30. The molecule has 89 valence electrons. The zero-order chi connectivity index (χ0) is 11.1. The van der Waals surface area contributed by atoms with Gasteiger partial charge in [0.15, 0.2) is 6.61 Å². The van der Waals surface area contributed by atoms with Crippen molar-refractivity contribution in [1.29, 1.82) is 0 Å². The van der Waals surface area contributed by atoms with Crippen LogP contribution >= 0.6 is 0 Å².